The molecular weight excluding hydrogens is 617 g/mol. The maximum Gasteiger partial charge on any atom is 0.145 e. The van der Waals surface area contributed by atoms with Gasteiger partial charge in [0.25, 0.3) is 0 Å². The molecule has 0 amide bonds. The van der Waals surface area contributed by atoms with Crippen LogP contribution < -0.4 is 0 Å². The fourth-order valence-corrected chi connectivity index (χ4v) is 7.71. The van der Waals surface area contributed by atoms with Crippen molar-refractivity contribution in [3.8, 4) is 50.5 Å². The third-order valence-electron chi connectivity index (χ3n) is 10.2. The van der Waals surface area contributed by atoms with Crippen LogP contribution in [0.25, 0.3) is 93.8 Å². The molecule has 0 N–H and O–H groups in total. The Morgan fingerprint density at radius 1 is 0.294 bits per heavy atom. The minimum Gasteiger partial charge on any atom is -0.292 e. The zero-order valence-corrected chi connectivity index (χ0v) is 27.9. The van der Waals surface area contributed by atoms with Crippen LogP contribution in [0, 0.1) is 0 Å². The molecule has 0 bridgehead atoms. The molecule has 1 heterocycles. The monoisotopic (exact) mass is 648 g/mol. The van der Waals surface area contributed by atoms with E-state index < -0.39 is 0 Å². The van der Waals surface area contributed by atoms with Crippen LogP contribution in [-0.4, -0.2) is 9.55 Å². The van der Waals surface area contributed by atoms with Crippen molar-refractivity contribution in [2.75, 3.05) is 0 Å². The molecule has 9 aromatic carbocycles. The number of hydrogen-bond acceptors (Lipinski definition) is 1. The van der Waals surface area contributed by atoms with Gasteiger partial charge in [-0.05, 0) is 108 Å². The highest BCUT2D eigenvalue weighted by atomic mass is 15.1. The summed E-state index contributed by atoms with van der Waals surface area (Å²) in [7, 11) is 0. The zero-order valence-electron chi connectivity index (χ0n) is 27.9. The molecule has 0 saturated carbocycles. The summed E-state index contributed by atoms with van der Waals surface area (Å²) in [6.45, 7) is 0. The second-order valence-electron chi connectivity index (χ2n) is 13.2. The van der Waals surface area contributed by atoms with Crippen LogP contribution in [0.5, 0.6) is 0 Å². The van der Waals surface area contributed by atoms with E-state index >= 15 is 0 Å². The quantitative estimate of drug-likeness (QED) is 0.170. The molecule has 0 aliphatic heterocycles. The molecule has 0 fully saturated rings. The van der Waals surface area contributed by atoms with Gasteiger partial charge in [0.05, 0.1) is 11.0 Å². The summed E-state index contributed by atoms with van der Waals surface area (Å²) < 4.78 is 2.25. The molecule has 2 nitrogen and oxygen atoms in total. The van der Waals surface area contributed by atoms with E-state index in [1.165, 1.54) is 65.7 Å². The van der Waals surface area contributed by atoms with E-state index in [1.54, 1.807) is 0 Å². The molecule has 0 aliphatic rings. The predicted molar refractivity (Wildman–Crippen MR) is 215 cm³/mol. The smallest absolute Gasteiger partial charge is 0.145 e. The van der Waals surface area contributed by atoms with Gasteiger partial charge in [-0.15, -0.1) is 0 Å². The first-order valence-corrected chi connectivity index (χ1v) is 17.5. The van der Waals surface area contributed by atoms with Gasteiger partial charge in [-0.3, -0.25) is 4.57 Å². The lowest BCUT2D eigenvalue weighted by molar-refractivity contribution is 1.10. The Balaban J connectivity index is 1.00. The summed E-state index contributed by atoms with van der Waals surface area (Å²) in [6, 6.07) is 69.9. The molecule has 0 saturated heterocycles. The van der Waals surface area contributed by atoms with E-state index in [0.717, 1.165) is 28.1 Å². The van der Waals surface area contributed by atoms with Crippen LogP contribution in [0.4, 0.5) is 0 Å². The first-order chi connectivity index (χ1) is 25.3. The van der Waals surface area contributed by atoms with Crippen LogP contribution in [0.2, 0.25) is 0 Å². The van der Waals surface area contributed by atoms with Crippen LogP contribution >= 0.6 is 0 Å². The van der Waals surface area contributed by atoms with Crippen molar-refractivity contribution in [1.29, 1.82) is 0 Å². The molecule has 238 valence electrons. The molecule has 0 spiro atoms. The Bertz CT molecular complexity index is 2860. The Kier molecular flexibility index (Phi) is 6.85. The van der Waals surface area contributed by atoms with Crippen molar-refractivity contribution in [2.45, 2.75) is 0 Å². The average Bonchev–Trinajstić information content (AvgIpc) is 3.61. The SMILES string of the molecule is c1ccc(-n2c(-c3ccc(-c4cccc(-c5cccc(-c6ccc7c8ccccc8c8ccccc8c7c6)c5)c4)cc3)nc3ccccc32)cc1. The fraction of sp³-hybridized carbons (Fsp3) is 0. The number of nitrogens with zero attached hydrogens (tertiary/aromatic N) is 2. The predicted octanol–water partition coefficient (Wildman–Crippen LogP) is 13.2. The maximum atomic E-state index is 5.06. The lowest BCUT2D eigenvalue weighted by Crippen LogP contribution is -1.97. The molecule has 0 unspecified atom stereocenters. The Hall–Kier alpha value is -6.77. The van der Waals surface area contributed by atoms with Crippen LogP contribution in [0.15, 0.2) is 194 Å². The number of fused-ring (bicyclic) bond motifs is 7. The van der Waals surface area contributed by atoms with Gasteiger partial charge in [0, 0.05) is 11.3 Å². The van der Waals surface area contributed by atoms with Gasteiger partial charge in [0.15, 0.2) is 0 Å². The number of imidazole rings is 1. The molecule has 1 aromatic heterocycles. The molecular formula is C49H32N2. The van der Waals surface area contributed by atoms with E-state index in [0.29, 0.717) is 0 Å². The van der Waals surface area contributed by atoms with Crippen molar-refractivity contribution in [3.63, 3.8) is 0 Å². The van der Waals surface area contributed by atoms with Crippen molar-refractivity contribution in [3.05, 3.63) is 194 Å². The maximum absolute atomic E-state index is 5.06. The first kappa shape index (κ1) is 29.2. The summed E-state index contributed by atoms with van der Waals surface area (Å²) in [5.41, 5.74) is 11.5. The summed E-state index contributed by atoms with van der Waals surface area (Å²) in [6.07, 6.45) is 0. The van der Waals surface area contributed by atoms with Gasteiger partial charge in [-0.2, -0.15) is 0 Å². The average molecular weight is 649 g/mol. The molecule has 0 atom stereocenters. The third kappa shape index (κ3) is 5.00. The van der Waals surface area contributed by atoms with Crippen molar-refractivity contribution < 1.29 is 0 Å². The van der Waals surface area contributed by atoms with Crippen LogP contribution in [-0.2, 0) is 0 Å². The Morgan fingerprint density at radius 3 is 1.37 bits per heavy atom. The minimum absolute atomic E-state index is 0.939. The largest absolute Gasteiger partial charge is 0.292 e. The highest BCUT2D eigenvalue weighted by Gasteiger charge is 2.15. The topological polar surface area (TPSA) is 17.8 Å². The summed E-state index contributed by atoms with van der Waals surface area (Å²) in [4.78, 5) is 5.06. The van der Waals surface area contributed by atoms with Gasteiger partial charge >= 0.3 is 0 Å². The second kappa shape index (κ2) is 12.0. The molecule has 0 aliphatic carbocycles. The number of hydrogen-bond donors (Lipinski definition) is 0. The molecule has 10 rings (SSSR count). The highest BCUT2D eigenvalue weighted by Crippen LogP contribution is 2.38. The van der Waals surface area contributed by atoms with Crippen molar-refractivity contribution >= 4 is 43.4 Å². The number of para-hydroxylation sites is 3. The fourth-order valence-electron chi connectivity index (χ4n) is 7.71. The van der Waals surface area contributed by atoms with Gasteiger partial charge < -0.3 is 0 Å². The zero-order chi connectivity index (χ0) is 33.7. The Labute approximate surface area is 296 Å². The molecule has 0 radical (unpaired) electrons. The number of aromatic nitrogens is 2. The molecule has 51 heavy (non-hydrogen) atoms. The van der Waals surface area contributed by atoms with Gasteiger partial charge in [-0.25, -0.2) is 4.98 Å². The van der Waals surface area contributed by atoms with E-state index in [1.807, 2.05) is 12.1 Å². The van der Waals surface area contributed by atoms with Crippen molar-refractivity contribution in [1.82, 2.24) is 9.55 Å². The summed E-state index contributed by atoms with van der Waals surface area (Å²) in [5.74, 6) is 0.939. The van der Waals surface area contributed by atoms with Gasteiger partial charge in [-0.1, -0.05) is 152 Å². The highest BCUT2D eigenvalue weighted by molar-refractivity contribution is 6.25. The van der Waals surface area contributed by atoms with Gasteiger partial charge in [0.2, 0.25) is 0 Å². The van der Waals surface area contributed by atoms with E-state index in [-0.39, 0.29) is 0 Å². The number of rotatable bonds is 5. The normalized spacial score (nSPS) is 11.5. The first-order valence-electron chi connectivity index (χ1n) is 17.5. The standard InChI is InChI=1S/C49H32N2/c1-2-16-40(17-3-1)51-48-23-9-8-22-47(48)50-49(51)34-26-24-33(25-27-34)35-12-10-13-36(30-35)37-14-11-15-38(31-37)39-28-29-45-43-20-5-4-18-41(43)42-19-6-7-21-44(42)46(45)32-39/h1-32H. The summed E-state index contributed by atoms with van der Waals surface area (Å²) in [5, 5.41) is 7.77. The van der Waals surface area contributed by atoms with Crippen LogP contribution in [0.3, 0.4) is 0 Å². The lowest BCUT2D eigenvalue weighted by atomic mass is 9.91. The minimum atomic E-state index is 0.939. The summed E-state index contributed by atoms with van der Waals surface area (Å²) >= 11 is 0. The second-order valence-corrected chi connectivity index (χ2v) is 13.2. The van der Waals surface area contributed by atoms with Gasteiger partial charge in [0.1, 0.15) is 5.82 Å². The Morgan fingerprint density at radius 2 is 0.745 bits per heavy atom. The number of benzene rings is 9. The molecule has 2 heteroatoms. The van der Waals surface area contributed by atoms with Crippen molar-refractivity contribution in [2.24, 2.45) is 0 Å². The van der Waals surface area contributed by atoms with E-state index in [2.05, 4.69) is 187 Å². The van der Waals surface area contributed by atoms with Crippen LogP contribution in [0.1, 0.15) is 0 Å². The van der Waals surface area contributed by atoms with E-state index in [9.17, 15) is 0 Å². The lowest BCUT2D eigenvalue weighted by Gasteiger charge is -2.13. The molecule has 10 aromatic rings. The van der Waals surface area contributed by atoms with E-state index in [4.69, 9.17) is 4.98 Å². The third-order valence-corrected chi connectivity index (χ3v) is 10.2.